The van der Waals surface area contributed by atoms with Gasteiger partial charge in [-0.15, -0.1) is 5.10 Å². The molecule has 0 radical (unpaired) electrons. The molecule has 2 aromatic carbocycles. The lowest BCUT2D eigenvalue weighted by molar-refractivity contribution is -0.116. The second-order valence-electron chi connectivity index (χ2n) is 6.20. The summed E-state index contributed by atoms with van der Waals surface area (Å²) >= 11 is 0. The number of benzene rings is 2. The van der Waals surface area contributed by atoms with Crippen LogP contribution in [-0.2, 0) is 22.4 Å². The van der Waals surface area contributed by atoms with E-state index in [0.717, 1.165) is 28.1 Å². The largest absolute Gasteiger partial charge is 0.326 e. The van der Waals surface area contributed by atoms with Gasteiger partial charge in [0.15, 0.2) is 0 Å². The minimum Gasteiger partial charge on any atom is -0.326 e. The molecule has 0 saturated carbocycles. The first-order valence-corrected chi connectivity index (χ1v) is 8.14. The summed E-state index contributed by atoms with van der Waals surface area (Å²) in [6.07, 6.45) is 2.12. The Morgan fingerprint density at radius 2 is 2.15 bits per heavy atom. The lowest BCUT2D eigenvalue weighted by atomic mass is 10.1. The fraction of sp³-hybridized carbons (Fsp3) is 0.167. The van der Waals surface area contributed by atoms with Crippen molar-refractivity contribution in [2.24, 2.45) is 0 Å². The zero-order valence-corrected chi connectivity index (χ0v) is 14.1. The van der Waals surface area contributed by atoms with Crippen LogP contribution in [0.3, 0.4) is 0 Å². The quantitative estimate of drug-likeness (QED) is 0.746. The SMILES string of the molecule is Cc1ccc(NC(=O)Cc2ccc3c(c2)NC(=O)C3)cc1-n1cnnn1. The molecule has 130 valence electrons. The van der Waals surface area contributed by atoms with E-state index in [1.807, 2.05) is 43.3 Å². The van der Waals surface area contributed by atoms with Gasteiger partial charge in [-0.25, -0.2) is 4.68 Å². The Morgan fingerprint density at radius 1 is 1.27 bits per heavy atom. The van der Waals surface area contributed by atoms with Crippen molar-refractivity contribution in [1.82, 2.24) is 20.2 Å². The number of nitrogens with one attached hydrogen (secondary N) is 2. The molecule has 0 aliphatic carbocycles. The van der Waals surface area contributed by atoms with Crippen LogP contribution in [0.15, 0.2) is 42.7 Å². The number of nitrogens with zero attached hydrogens (tertiary/aromatic N) is 4. The molecule has 8 heteroatoms. The average Bonchev–Trinajstić information content (AvgIpc) is 3.25. The van der Waals surface area contributed by atoms with Gasteiger partial charge in [-0.1, -0.05) is 18.2 Å². The van der Waals surface area contributed by atoms with Crippen molar-refractivity contribution in [1.29, 1.82) is 0 Å². The highest BCUT2D eigenvalue weighted by Gasteiger charge is 2.18. The predicted octanol–water partition coefficient (Wildman–Crippen LogP) is 1.65. The summed E-state index contributed by atoms with van der Waals surface area (Å²) in [5, 5.41) is 16.8. The molecule has 2 heterocycles. The Morgan fingerprint density at radius 3 is 2.96 bits per heavy atom. The maximum absolute atomic E-state index is 12.4. The Kier molecular flexibility index (Phi) is 3.92. The molecule has 0 fully saturated rings. The number of rotatable bonds is 4. The van der Waals surface area contributed by atoms with Gasteiger partial charge in [-0.3, -0.25) is 9.59 Å². The van der Waals surface area contributed by atoms with E-state index in [0.29, 0.717) is 12.1 Å². The van der Waals surface area contributed by atoms with Crippen molar-refractivity contribution in [2.75, 3.05) is 10.6 Å². The third-order valence-corrected chi connectivity index (χ3v) is 4.25. The molecule has 1 aromatic heterocycles. The summed E-state index contributed by atoms with van der Waals surface area (Å²) in [7, 11) is 0. The Hall–Kier alpha value is -3.55. The van der Waals surface area contributed by atoms with E-state index < -0.39 is 0 Å². The van der Waals surface area contributed by atoms with Crippen LogP contribution in [0.2, 0.25) is 0 Å². The zero-order chi connectivity index (χ0) is 18.1. The van der Waals surface area contributed by atoms with Crippen molar-refractivity contribution < 1.29 is 9.59 Å². The van der Waals surface area contributed by atoms with Crippen molar-refractivity contribution in [3.63, 3.8) is 0 Å². The molecular weight excluding hydrogens is 332 g/mol. The molecule has 0 unspecified atom stereocenters. The first-order chi connectivity index (χ1) is 12.6. The van der Waals surface area contributed by atoms with Gasteiger partial charge in [0.05, 0.1) is 18.5 Å². The van der Waals surface area contributed by atoms with E-state index in [2.05, 4.69) is 26.2 Å². The minimum atomic E-state index is -0.138. The molecule has 26 heavy (non-hydrogen) atoms. The number of hydrogen-bond acceptors (Lipinski definition) is 5. The number of anilines is 2. The summed E-state index contributed by atoms with van der Waals surface area (Å²) in [4.78, 5) is 23.8. The van der Waals surface area contributed by atoms with Crippen molar-refractivity contribution in [3.8, 4) is 5.69 Å². The summed E-state index contributed by atoms with van der Waals surface area (Å²) < 4.78 is 1.55. The first-order valence-electron chi connectivity index (χ1n) is 8.14. The van der Waals surface area contributed by atoms with Gasteiger partial charge in [0, 0.05) is 11.4 Å². The molecule has 0 spiro atoms. The fourth-order valence-corrected chi connectivity index (χ4v) is 2.97. The first kappa shape index (κ1) is 15.9. The number of carbonyl (C=O) groups excluding carboxylic acids is 2. The number of tetrazole rings is 1. The molecule has 1 aliphatic heterocycles. The van der Waals surface area contributed by atoms with Crippen LogP contribution in [0.1, 0.15) is 16.7 Å². The smallest absolute Gasteiger partial charge is 0.228 e. The molecule has 0 atom stereocenters. The minimum absolute atomic E-state index is 0.0172. The van der Waals surface area contributed by atoms with E-state index in [-0.39, 0.29) is 18.2 Å². The maximum Gasteiger partial charge on any atom is 0.228 e. The van der Waals surface area contributed by atoms with Gasteiger partial charge in [0.25, 0.3) is 0 Å². The van der Waals surface area contributed by atoms with Crippen LogP contribution in [-0.4, -0.2) is 32.0 Å². The normalized spacial score (nSPS) is 12.6. The van der Waals surface area contributed by atoms with Crippen LogP contribution in [0, 0.1) is 6.92 Å². The topological polar surface area (TPSA) is 102 Å². The molecule has 3 aromatic rings. The number of hydrogen-bond donors (Lipinski definition) is 2. The third-order valence-electron chi connectivity index (χ3n) is 4.25. The third kappa shape index (κ3) is 3.16. The van der Waals surface area contributed by atoms with Gasteiger partial charge in [0.2, 0.25) is 11.8 Å². The molecule has 2 N–H and O–H groups in total. The lowest BCUT2D eigenvalue weighted by Gasteiger charge is -2.10. The summed E-state index contributed by atoms with van der Waals surface area (Å²) in [5.41, 5.74) is 5.05. The van der Waals surface area contributed by atoms with Gasteiger partial charge in [0.1, 0.15) is 6.33 Å². The summed E-state index contributed by atoms with van der Waals surface area (Å²) in [6, 6.07) is 11.2. The van der Waals surface area contributed by atoms with Crippen LogP contribution in [0.25, 0.3) is 5.69 Å². The van der Waals surface area contributed by atoms with Crippen LogP contribution < -0.4 is 10.6 Å². The standard InChI is InChI=1S/C18H16N6O2/c1-11-2-5-14(9-16(11)24-10-19-22-23-24)20-17(25)7-12-3-4-13-8-18(26)21-15(13)6-12/h2-6,9-10H,7-8H2,1H3,(H,20,25)(H,21,26). The van der Waals surface area contributed by atoms with E-state index in [4.69, 9.17) is 0 Å². The monoisotopic (exact) mass is 348 g/mol. The zero-order valence-electron chi connectivity index (χ0n) is 14.1. The number of fused-ring (bicyclic) bond motifs is 1. The van der Waals surface area contributed by atoms with E-state index in [1.54, 1.807) is 4.68 Å². The van der Waals surface area contributed by atoms with Crippen LogP contribution in [0.4, 0.5) is 11.4 Å². The molecular formula is C18H16N6O2. The van der Waals surface area contributed by atoms with Gasteiger partial charge >= 0.3 is 0 Å². The summed E-state index contributed by atoms with van der Waals surface area (Å²) in [6.45, 7) is 1.95. The van der Waals surface area contributed by atoms with Crippen molar-refractivity contribution in [2.45, 2.75) is 19.8 Å². The van der Waals surface area contributed by atoms with Gasteiger partial charge < -0.3 is 10.6 Å². The number of aromatic nitrogens is 4. The molecule has 4 rings (SSSR count). The van der Waals surface area contributed by atoms with Crippen molar-refractivity contribution >= 4 is 23.2 Å². The Bertz CT molecular complexity index is 997. The van der Waals surface area contributed by atoms with E-state index in [1.165, 1.54) is 6.33 Å². The van der Waals surface area contributed by atoms with Gasteiger partial charge in [-0.2, -0.15) is 0 Å². The highest BCUT2D eigenvalue weighted by Crippen LogP contribution is 2.24. The number of aryl methyl sites for hydroxylation is 1. The molecule has 8 nitrogen and oxygen atoms in total. The number of amides is 2. The van der Waals surface area contributed by atoms with E-state index >= 15 is 0 Å². The van der Waals surface area contributed by atoms with Gasteiger partial charge in [-0.05, 0) is 52.2 Å². The van der Waals surface area contributed by atoms with Crippen LogP contribution in [0.5, 0.6) is 0 Å². The lowest BCUT2D eigenvalue weighted by Crippen LogP contribution is -2.15. The molecule has 0 bridgehead atoms. The second-order valence-corrected chi connectivity index (χ2v) is 6.20. The van der Waals surface area contributed by atoms with E-state index in [9.17, 15) is 9.59 Å². The Balaban J connectivity index is 1.48. The highest BCUT2D eigenvalue weighted by atomic mass is 16.2. The molecule has 0 saturated heterocycles. The molecule has 2 amide bonds. The number of carbonyl (C=O) groups is 2. The Labute approximate surface area is 149 Å². The predicted molar refractivity (Wildman–Crippen MR) is 95.0 cm³/mol. The maximum atomic E-state index is 12.4. The fourth-order valence-electron chi connectivity index (χ4n) is 2.97. The van der Waals surface area contributed by atoms with Crippen LogP contribution >= 0.6 is 0 Å². The van der Waals surface area contributed by atoms with Crippen molar-refractivity contribution in [3.05, 3.63) is 59.4 Å². The second kappa shape index (κ2) is 6.40. The average molecular weight is 348 g/mol. The summed E-state index contributed by atoms with van der Waals surface area (Å²) in [5.74, 6) is -0.155. The molecule has 1 aliphatic rings. The highest BCUT2D eigenvalue weighted by molar-refractivity contribution is 5.99.